The lowest BCUT2D eigenvalue weighted by molar-refractivity contribution is -0.141. The molecule has 0 bridgehead atoms. The van der Waals surface area contributed by atoms with Crippen molar-refractivity contribution in [2.24, 2.45) is 22.4 Å². The molecule has 2 heterocycles. The van der Waals surface area contributed by atoms with Crippen LogP contribution in [0.1, 0.15) is 32.6 Å². The fourth-order valence-corrected chi connectivity index (χ4v) is 6.68. The number of hydrogen-bond donors (Lipinski definition) is 1. The van der Waals surface area contributed by atoms with Gasteiger partial charge < -0.3 is 20.0 Å². The first-order valence-corrected chi connectivity index (χ1v) is 13.6. The number of benzene rings is 2. The Morgan fingerprint density at radius 1 is 1.08 bits per heavy atom. The molecular formula is C30H33N5O4. The summed E-state index contributed by atoms with van der Waals surface area (Å²) in [5.74, 6) is -1.36. The minimum absolute atomic E-state index is 0.161. The van der Waals surface area contributed by atoms with Gasteiger partial charge in [-0.25, -0.2) is 0 Å². The van der Waals surface area contributed by atoms with E-state index in [1.807, 2.05) is 49.4 Å². The molecule has 202 valence electrons. The summed E-state index contributed by atoms with van der Waals surface area (Å²) in [6, 6.07) is 16.7. The summed E-state index contributed by atoms with van der Waals surface area (Å²) in [7, 11) is 1.59. The second-order valence-electron chi connectivity index (χ2n) is 10.6. The molecule has 9 nitrogen and oxygen atoms in total. The summed E-state index contributed by atoms with van der Waals surface area (Å²) in [6.07, 6.45) is 7.25. The van der Waals surface area contributed by atoms with Crippen LogP contribution in [0.15, 0.2) is 72.1 Å². The van der Waals surface area contributed by atoms with Crippen molar-refractivity contribution in [2.45, 2.75) is 38.6 Å². The zero-order valence-corrected chi connectivity index (χ0v) is 22.2. The molecule has 9 heteroatoms. The van der Waals surface area contributed by atoms with Crippen molar-refractivity contribution in [3.63, 3.8) is 0 Å². The molecule has 4 aliphatic rings. The maximum atomic E-state index is 14.1. The topological polar surface area (TPSA) is 94.5 Å². The fraction of sp³-hybridized carbons (Fsp3) is 0.400. The van der Waals surface area contributed by atoms with Crippen LogP contribution in [0.2, 0.25) is 0 Å². The summed E-state index contributed by atoms with van der Waals surface area (Å²) in [4.78, 5) is 46.4. The van der Waals surface area contributed by atoms with Crippen molar-refractivity contribution in [2.75, 3.05) is 30.0 Å². The van der Waals surface area contributed by atoms with Gasteiger partial charge in [-0.2, -0.15) is 5.10 Å². The molecule has 39 heavy (non-hydrogen) atoms. The van der Waals surface area contributed by atoms with Crippen LogP contribution in [0.25, 0.3) is 0 Å². The van der Waals surface area contributed by atoms with E-state index in [-0.39, 0.29) is 41.6 Å². The molecule has 1 N–H and O–H groups in total. The molecule has 2 fully saturated rings. The van der Waals surface area contributed by atoms with E-state index in [1.54, 1.807) is 41.4 Å². The Labute approximate surface area is 228 Å². The Bertz CT molecular complexity index is 1340. The molecular weight excluding hydrogens is 494 g/mol. The van der Waals surface area contributed by atoms with Crippen molar-refractivity contribution < 1.29 is 19.1 Å². The highest BCUT2D eigenvalue weighted by Crippen LogP contribution is 2.64. The van der Waals surface area contributed by atoms with Gasteiger partial charge in [0.05, 0.1) is 18.9 Å². The van der Waals surface area contributed by atoms with Crippen LogP contribution in [-0.2, 0) is 14.4 Å². The minimum Gasteiger partial charge on any atom is -0.497 e. The predicted octanol–water partition coefficient (Wildman–Crippen LogP) is 3.53. The van der Waals surface area contributed by atoms with Crippen molar-refractivity contribution in [1.82, 2.24) is 10.3 Å². The van der Waals surface area contributed by atoms with Gasteiger partial charge in [-0.05, 0) is 56.2 Å². The molecule has 0 aromatic heterocycles. The molecule has 4 unspecified atom stereocenters. The third-order valence-electron chi connectivity index (χ3n) is 8.66. The summed E-state index contributed by atoms with van der Waals surface area (Å²) >= 11 is 0. The number of likely N-dealkylation sites (N-methyl/N-ethyl adjacent to an activating group) is 1. The van der Waals surface area contributed by atoms with E-state index in [2.05, 4.69) is 10.5 Å². The molecule has 1 spiro atoms. The van der Waals surface area contributed by atoms with Crippen LogP contribution in [0, 0.1) is 17.3 Å². The Kier molecular flexibility index (Phi) is 6.37. The van der Waals surface area contributed by atoms with Crippen LogP contribution in [-0.4, -0.2) is 54.6 Å². The van der Waals surface area contributed by atoms with Crippen LogP contribution < -0.4 is 20.0 Å². The molecule has 0 radical (unpaired) electrons. The first kappa shape index (κ1) is 25.2. The second-order valence-corrected chi connectivity index (χ2v) is 10.6. The Morgan fingerprint density at radius 3 is 2.56 bits per heavy atom. The standard InChI is InChI=1S/C30H33N5O4/c1-3-34(21-12-14-22(39-2)15-13-21)24(36)19-33-17-18-35(20-9-5-4-6-10-20)29(38)25(28(33)37)26-27-30(26)16-8-7-11-23(30)31-32-27/h4-6,9-10,12-15,17-18,23,25-26,31H,3,7-8,11,16,19H2,1-2H3. The highest BCUT2D eigenvalue weighted by Gasteiger charge is 2.74. The maximum absolute atomic E-state index is 14.1. The van der Waals surface area contributed by atoms with E-state index in [4.69, 9.17) is 4.74 Å². The van der Waals surface area contributed by atoms with Gasteiger partial charge in [0, 0.05) is 41.7 Å². The number of carbonyl (C=O) groups excluding carboxylic acids is 3. The lowest BCUT2D eigenvalue weighted by atomic mass is 9.77. The van der Waals surface area contributed by atoms with Gasteiger partial charge in [0.15, 0.2) is 0 Å². The molecule has 3 amide bonds. The van der Waals surface area contributed by atoms with E-state index >= 15 is 0 Å². The number of hydrogen-bond acceptors (Lipinski definition) is 6. The van der Waals surface area contributed by atoms with Crippen molar-refractivity contribution in [1.29, 1.82) is 0 Å². The quantitative estimate of drug-likeness (QED) is 0.556. The average molecular weight is 528 g/mol. The van der Waals surface area contributed by atoms with Gasteiger partial charge >= 0.3 is 0 Å². The molecule has 2 aliphatic carbocycles. The molecule has 4 atom stereocenters. The Hall–Kier alpha value is -4.14. The number of carbonyl (C=O) groups is 3. The largest absolute Gasteiger partial charge is 0.497 e. The minimum atomic E-state index is -0.939. The lowest BCUT2D eigenvalue weighted by Crippen LogP contribution is -2.47. The number of methoxy groups -OCH3 is 1. The number of rotatable bonds is 7. The average Bonchev–Trinajstić information content (AvgIpc) is 3.43. The first-order valence-electron chi connectivity index (χ1n) is 13.6. The second kappa shape index (κ2) is 9.87. The van der Waals surface area contributed by atoms with Gasteiger partial charge in [0.1, 0.15) is 18.2 Å². The Balaban J connectivity index is 1.32. The SMILES string of the molecule is CCN(C(=O)CN1C=CN(c2ccccc2)C(=O)C(C2C3=NNC4CCCCC342)C1=O)c1ccc(OC)cc1. The number of anilines is 2. The van der Waals surface area contributed by atoms with E-state index in [0.717, 1.165) is 31.4 Å². The van der Waals surface area contributed by atoms with Crippen molar-refractivity contribution in [3.8, 4) is 5.75 Å². The lowest BCUT2D eigenvalue weighted by Gasteiger charge is -2.32. The van der Waals surface area contributed by atoms with E-state index in [1.165, 1.54) is 4.90 Å². The number of para-hydroxylation sites is 1. The van der Waals surface area contributed by atoms with Crippen molar-refractivity contribution in [3.05, 3.63) is 67.0 Å². The van der Waals surface area contributed by atoms with Gasteiger partial charge in [-0.15, -0.1) is 0 Å². The third kappa shape index (κ3) is 4.07. The highest BCUT2D eigenvalue weighted by molar-refractivity contribution is 6.21. The summed E-state index contributed by atoms with van der Waals surface area (Å²) in [6.45, 7) is 2.16. The fourth-order valence-electron chi connectivity index (χ4n) is 6.68. The summed E-state index contributed by atoms with van der Waals surface area (Å²) in [5.41, 5.74) is 5.35. The summed E-state index contributed by atoms with van der Waals surface area (Å²) < 4.78 is 5.24. The third-order valence-corrected chi connectivity index (χ3v) is 8.66. The van der Waals surface area contributed by atoms with E-state index in [0.29, 0.717) is 23.7 Å². The van der Waals surface area contributed by atoms with Crippen LogP contribution in [0.4, 0.5) is 11.4 Å². The van der Waals surface area contributed by atoms with Gasteiger partial charge in [-0.3, -0.25) is 19.3 Å². The van der Waals surface area contributed by atoms with Gasteiger partial charge in [0.25, 0.3) is 0 Å². The monoisotopic (exact) mass is 527 g/mol. The molecule has 6 rings (SSSR count). The smallest absolute Gasteiger partial charge is 0.247 e. The number of ether oxygens (including phenoxy) is 1. The molecule has 2 aromatic carbocycles. The number of nitrogens with one attached hydrogen (secondary N) is 1. The van der Waals surface area contributed by atoms with Crippen LogP contribution in [0.3, 0.4) is 0 Å². The predicted molar refractivity (Wildman–Crippen MR) is 148 cm³/mol. The number of nitrogens with zero attached hydrogens (tertiary/aromatic N) is 4. The zero-order chi connectivity index (χ0) is 27.1. The first-order chi connectivity index (χ1) is 19.0. The van der Waals surface area contributed by atoms with Crippen LogP contribution >= 0.6 is 0 Å². The molecule has 0 saturated heterocycles. The Morgan fingerprint density at radius 2 is 1.85 bits per heavy atom. The maximum Gasteiger partial charge on any atom is 0.247 e. The van der Waals surface area contributed by atoms with E-state index in [9.17, 15) is 14.4 Å². The molecule has 2 saturated carbocycles. The molecule has 2 aliphatic heterocycles. The highest BCUT2D eigenvalue weighted by atomic mass is 16.5. The van der Waals surface area contributed by atoms with Crippen molar-refractivity contribution >= 4 is 34.8 Å². The van der Waals surface area contributed by atoms with Gasteiger partial charge in [0.2, 0.25) is 17.7 Å². The number of hydrazone groups is 1. The molecule has 2 aromatic rings. The normalized spacial score (nSPS) is 27.2. The van der Waals surface area contributed by atoms with E-state index < -0.39 is 5.92 Å². The van der Waals surface area contributed by atoms with Crippen LogP contribution in [0.5, 0.6) is 5.75 Å². The summed E-state index contributed by atoms with van der Waals surface area (Å²) in [5, 5.41) is 4.60. The van der Waals surface area contributed by atoms with Gasteiger partial charge in [-0.1, -0.05) is 31.0 Å². The number of amides is 3. The zero-order valence-electron chi connectivity index (χ0n) is 22.2.